The van der Waals surface area contributed by atoms with E-state index in [2.05, 4.69) is 35.5 Å². The summed E-state index contributed by atoms with van der Waals surface area (Å²) in [6.07, 6.45) is 6.54. The normalized spacial score (nSPS) is 14.1. The number of rotatable bonds is 4. The molecule has 1 saturated heterocycles. The molecule has 1 aliphatic rings. The third-order valence-electron chi connectivity index (χ3n) is 5.86. The van der Waals surface area contributed by atoms with Gasteiger partial charge in [0.1, 0.15) is 11.2 Å². The number of pyridine rings is 1. The highest BCUT2D eigenvalue weighted by Crippen LogP contribution is 2.29. The van der Waals surface area contributed by atoms with Gasteiger partial charge in [-0.15, -0.1) is 0 Å². The van der Waals surface area contributed by atoms with Crippen LogP contribution >= 0.6 is 23.2 Å². The number of para-hydroxylation sites is 1. The third kappa shape index (κ3) is 3.85. The van der Waals surface area contributed by atoms with E-state index in [4.69, 9.17) is 23.2 Å². The molecule has 35 heavy (non-hydrogen) atoms. The number of benzene rings is 1. The van der Waals surface area contributed by atoms with E-state index < -0.39 is 0 Å². The Bertz CT molecular complexity index is 1590. The molecule has 1 aromatic carbocycles. The van der Waals surface area contributed by atoms with Gasteiger partial charge in [0.15, 0.2) is 5.65 Å². The van der Waals surface area contributed by atoms with Crippen LogP contribution in [-0.4, -0.2) is 55.1 Å². The molecule has 5 heterocycles. The Labute approximate surface area is 209 Å². The number of halogens is 2. The van der Waals surface area contributed by atoms with Crippen molar-refractivity contribution in [3.8, 4) is 5.69 Å². The number of aromatic nitrogens is 6. The molecule has 0 aliphatic carbocycles. The lowest BCUT2D eigenvalue weighted by atomic mass is 10.3. The second kappa shape index (κ2) is 8.81. The molecule has 0 atom stereocenters. The van der Waals surface area contributed by atoms with Gasteiger partial charge < -0.3 is 15.5 Å². The quantitative estimate of drug-likeness (QED) is 0.381. The Balaban J connectivity index is 1.39. The van der Waals surface area contributed by atoms with Crippen LogP contribution in [0.25, 0.3) is 22.5 Å². The summed E-state index contributed by atoms with van der Waals surface area (Å²) in [6.45, 7) is 3.73. The smallest absolute Gasteiger partial charge is 0.270 e. The topological polar surface area (TPSA) is 105 Å². The fourth-order valence-electron chi connectivity index (χ4n) is 4.18. The van der Waals surface area contributed by atoms with Gasteiger partial charge in [0, 0.05) is 44.8 Å². The number of piperazine rings is 1. The van der Waals surface area contributed by atoms with E-state index in [1.54, 1.807) is 41.2 Å². The highest BCUT2D eigenvalue weighted by molar-refractivity contribution is 6.37. The van der Waals surface area contributed by atoms with Crippen LogP contribution in [0.5, 0.6) is 0 Å². The van der Waals surface area contributed by atoms with E-state index >= 15 is 0 Å². The molecule has 2 N–H and O–H groups in total. The average molecular weight is 508 g/mol. The summed E-state index contributed by atoms with van der Waals surface area (Å²) < 4.78 is 3.08. The van der Waals surface area contributed by atoms with Crippen LogP contribution in [0.15, 0.2) is 59.9 Å². The van der Waals surface area contributed by atoms with E-state index in [-0.39, 0.29) is 5.56 Å². The first kappa shape index (κ1) is 21.8. The summed E-state index contributed by atoms with van der Waals surface area (Å²) in [5.74, 6) is 1.59. The van der Waals surface area contributed by atoms with Crippen LogP contribution in [0.4, 0.5) is 17.5 Å². The lowest BCUT2D eigenvalue weighted by Gasteiger charge is -2.28. The van der Waals surface area contributed by atoms with Crippen LogP contribution in [0.1, 0.15) is 0 Å². The van der Waals surface area contributed by atoms with Crippen LogP contribution < -0.4 is 21.1 Å². The van der Waals surface area contributed by atoms with Gasteiger partial charge in [-0.1, -0.05) is 29.3 Å². The van der Waals surface area contributed by atoms with Crippen molar-refractivity contribution in [3.05, 3.63) is 75.5 Å². The Kier molecular flexibility index (Phi) is 5.48. The summed E-state index contributed by atoms with van der Waals surface area (Å²) in [5.41, 5.74) is 1.13. The van der Waals surface area contributed by atoms with Gasteiger partial charge >= 0.3 is 0 Å². The Hall–Kier alpha value is -3.73. The zero-order chi connectivity index (χ0) is 23.9. The molecule has 1 fully saturated rings. The van der Waals surface area contributed by atoms with E-state index in [9.17, 15) is 4.79 Å². The lowest BCUT2D eigenvalue weighted by Crippen LogP contribution is -2.43. The summed E-state index contributed by atoms with van der Waals surface area (Å²) in [6, 6.07) is 8.96. The van der Waals surface area contributed by atoms with E-state index in [0.717, 1.165) is 37.7 Å². The molecule has 0 spiro atoms. The number of anilines is 3. The molecule has 6 rings (SSSR count). The molecule has 1 aliphatic heterocycles. The molecule has 12 heteroatoms. The van der Waals surface area contributed by atoms with Crippen molar-refractivity contribution in [3.63, 3.8) is 0 Å². The molecule has 0 bridgehead atoms. The first-order valence-corrected chi connectivity index (χ1v) is 11.7. The maximum Gasteiger partial charge on any atom is 0.270 e. The van der Waals surface area contributed by atoms with Crippen molar-refractivity contribution in [2.45, 2.75) is 0 Å². The second-order valence-electron chi connectivity index (χ2n) is 8.01. The first-order valence-electron chi connectivity index (χ1n) is 11.0. The molecule has 0 saturated carbocycles. The monoisotopic (exact) mass is 507 g/mol. The summed E-state index contributed by atoms with van der Waals surface area (Å²) in [5, 5.41) is 7.46. The molecule has 0 amide bonds. The van der Waals surface area contributed by atoms with Gasteiger partial charge in [0.2, 0.25) is 11.7 Å². The molecule has 0 radical (unpaired) electrons. The van der Waals surface area contributed by atoms with E-state index in [1.807, 2.05) is 12.1 Å². The maximum atomic E-state index is 13.5. The van der Waals surface area contributed by atoms with Gasteiger partial charge in [0.25, 0.3) is 5.56 Å². The summed E-state index contributed by atoms with van der Waals surface area (Å²) in [7, 11) is 0. The first-order chi connectivity index (χ1) is 17.1. The van der Waals surface area contributed by atoms with Crippen LogP contribution in [0.2, 0.25) is 10.0 Å². The van der Waals surface area contributed by atoms with Crippen molar-refractivity contribution in [2.24, 2.45) is 0 Å². The number of fused-ring (bicyclic) bond motifs is 3. The summed E-state index contributed by atoms with van der Waals surface area (Å²) >= 11 is 12.8. The predicted octanol–water partition coefficient (Wildman–Crippen LogP) is 3.28. The van der Waals surface area contributed by atoms with Gasteiger partial charge in [0.05, 0.1) is 27.6 Å². The van der Waals surface area contributed by atoms with Crippen LogP contribution in [0, 0.1) is 0 Å². The minimum absolute atomic E-state index is 0.296. The van der Waals surface area contributed by atoms with Crippen molar-refractivity contribution < 1.29 is 0 Å². The predicted molar refractivity (Wildman–Crippen MR) is 137 cm³/mol. The van der Waals surface area contributed by atoms with Crippen LogP contribution in [0.3, 0.4) is 0 Å². The minimum Gasteiger partial charge on any atom is -0.354 e. The fraction of sp³-hybridized carbons (Fsp3) is 0.174. The highest BCUT2D eigenvalue weighted by Gasteiger charge is 2.19. The molecule has 176 valence electrons. The molecular formula is C23H19Cl2N9O. The van der Waals surface area contributed by atoms with Crippen LogP contribution in [-0.2, 0) is 0 Å². The standard InChI is InChI=1S/C23H19Cl2N9O/c24-16-2-1-3-17(25)19(16)34-21(35)15-13-29-22(31-20(15)33-11-8-27-23(33)34)30-14-4-5-18(28-12-14)32-9-6-26-7-10-32/h1-5,8,11-13,26H,6-7,9-10H2,(H,29,30,31). The third-order valence-corrected chi connectivity index (χ3v) is 6.47. The number of hydrogen-bond acceptors (Lipinski definition) is 8. The maximum absolute atomic E-state index is 13.5. The fourth-order valence-corrected chi connectivity index (χ4v) is 4.75. The number of imidazole rings is 1. The van der Waals surface area contributed by atoms with Gasteiger partial charge in [-0.05, 0) is 24.3 Å². The molecular weight excluding hydrogens is 489 g/mol. The second-order valence-corrected chi connectivity index (χ2v) is 8.82. The highest BCUT2D eigenvalue weighted by atomic mass is 35.5. The Morgan fingerprint density at radius 3 is 2.51 bits per heavy atom. The minimum atomic E-state index is -0.373. The van der Waals surface area contributed by atoms with E-state index in [1.165, 1.54) is 10.8 Å². The lowest BCUT2D eigenvalue weighted by molar-refractivity contribution is 0.585. The van der Waals surface area contributed by atoms with E-state index in [0.29, 0.717) is 38.5 Å². The Morgan fingerprint density at radius 1 is 0.971 bits per heavy atom. The van der Waals surface area contributed by atoms with Crippen molar-refractivity contribution in [2.75, 3.05) is 36.4 Å². The summed E-state index contributed by atoms with van der Waals surface area (Å²) in [4.78, 5) is 33.6. The van der Waals surface area contributed by atoms with Gasteiger partial charge in [-0.25, -0.2) is 19.5 Å². The van der Waals surface area contributed by atoms with Gasteiger partial charge in [-0.3, -0.25) is 9.20 Å². The average Bonchev–Trinajstić information content (AvgIpc) is 3.37. The number of nitrogens with zero attached hydrogens (tertiary/aromatic N) is 7. The number of hydrogen-bond donors (Lipinski definition) is 2. The Morgan fingerprint density at radius 2 is 1.77 bits per heavy atom. The van der Waals surface area contributed by atoms with Crippen molar-refractivity contribution in [1.82, 2.24) is 34.2 Å². The zero-order valence-corrected chi connectivity index (χ0v) is 19.8. The van der Waals surface area contributed by atoms with Crippen molar-refractivity contribution in [1.29, 1.82) is 0 Å². The number of nitrogens with one attached hydrogen (secondary N) is 2. The SMILES string of the molecule is O=c1c2cnc(Nc3ccc(N4CCNCC4)nc3)nc2n2ccnc2n1-c1c(Cl)cccc1Cl. The zero-order valence-electron chi connectivity index (χ0n) is 18.3. The van der Waals surface area contributed by atoms with Crippen molar-refractivity contribution >= 4 is 57.5 Å². The van der Waals surface area contributed by atoms with Gasteiger partial charge in [-0.2, -0.15) is 4.98 Å². The molecule has 4 aromatic heterocycles. The largest absolute Gasteiger partial charge is 0.354 e. The molecule has 5 aromatic rings. The molecule has 0 unspecified atom stereocenters. The molecule has 10 nitrogen and oxygen atoms in total.